The highest BCUT2D eigenvalue weighted by Gasteiger charge is 2.06. The summed E-state index contributed by atoms with van der Waals surface area (Å²) < 4.78 is 16.3. The van der Waals surface area contributed by atoms with Crippen molar-refractivity contribution in [1.82, 2.24) is 0 Å². The first kappa shape index (κ1) is 14.0. The molecule has 0 bridgehead atoms. The Balaban J connectivity index is 2.37. The Hall–Kier alpha value is -1.09. The van der Waals surface area contributed by atoms with Gasteiger partial charge in [0, 0.05) is 11.6 Å². The molecule has 1 aromatic carbocycles. The van der Waals surface area contributed by atoms with Crippen molar-refractivity contribution in [3.63, 3.8) is 0 Å². The zero-order valence-corrected chi connectivity index (χ0v) is 11.2. The lowest BCUT2D eigenvalue weighted by molar-refractivity contribution is 0.0544. The lowest BCUT2D eigenvalue weighted by Gasteiger charge is -2.09. The molecule has 92 valence electrons. The van der Waals surface area contributed by atoms with Gasteiger partial charge in [-0.05, 0) is 28.1 Å². The number of nitriles is 1. The average Bonchev–Trinajstić information content (AvgIpc) is 2.34. The molecule has 0 unspecified atom stereocenters. The van der Waals surface area contributed by atoms with Crippen LogP contribution in [0.4, 0.5) is 0 Å². The van der Waals surface area contributed by atoms with Crippen LogP contribution in [0.1, 0.15) is 5.56 Å². The molecule has 0 radical (unpaired) electrons. The first-order valence-electron chi connectivity index (χ1n) is 5.17. The van der Waals surface area contributed by atoms with E-state index in [0.717, 1.165) is 4.47 Å². The van der Waals surface area contributed by atoms with E-state index >= 15 is 0 Å². The molecule has 4 nitrogen and oxygen atoms in total. The van der Waals surface area contributed by atoms with Crippen molar-refractivity contribution in [3.8, 4) is 11.8 Å². The highest BCUT2D eigenvalue weighted by molar-refractivity contribution is 9.10. The third kappa shape index (κ3) is 4.73. The Labute approximate surface area is 109 Å². The van der Waals surface area contributed by atoms with Crippen molar-refractivity contribution in [2.75, 3.05) is 33.5 Å². The van der Waals surface area contributed by atoms with Gasteiger partial charge in [-0.25, -0.2) is 0 Å². The summed E-state index contributed by atoms with van der Waals surface area (Å²) in [6.07, 6.45) is 0. The van der Waals surface area contributed by atoms with E-state index in [0.29, 0.717) is 37.7 Å². The van der Waals surface area contributed by atoms with Gasteiger partial charge in [-0.1, -0.05) is 6.07 Å². The summed E-state index contributed by atoms with van der Waals surface area (Å²) in [7, 11) is 1.63. The van der Waals surface area contributed by atoms with Crippen LogP contribution in [0.2, 0.25) is 0 Å². The Morgan fingerprint density at radius 2 is 2.00 bits per heavy atom. The fraction of sp³-hybridized carbons (Fsp3) is 0.417. The Bertz CT molecular complexity index is 390. The van der Waals surface area contributed by atoms with Gasteiger partial charge in [0.05, 0.1) is 19.8 Å². The molecule has 5 heteroatoms. The SMILES string of the molecule is COCCOCCOc1cccc(Br)c1C#N. The average molecular weight is 300 g/mol. The van der Waals surface area contributed by atoms with Crippen LogP contribution in [-0.2, 0) is 9.47 Å². The Morgan fingerprint density at radius 1 is 1.24 bits per heavy atom. The largest absolute Gasteiger partial charge is 0.490 e. The molecule has 0 amide bonds. The Kier molecular flexibility index (Phi) is 6.63. The van der Waals surface area contributed by atoms with Crippen molar-refractivity contribution in [2.24, 2.45) is 0 Å². The van der Waals surface area contributed by atoms with Gasteiger partial charge in [0.2, 0.25) is 0 Å². The van der Waals surface area contributed by atoms with E-state index in [1.54, 1.807) is 19.2 Å². The van der Waals surface area contributed by atoms with Crippen LogP contribution in [-0.4, -0.2) is 33.5 Å². The maximum atomic E-state index is 8.96. The van der Waals surface area contributed by atoms with Gasteiger partial charge in [0.25, 0.3) is 0 Å². The van der Waals surface area contributed by atoms with Crippen molar-refractivity contribution in [3.05, 3.63) is 28.2 Å². The maximum Gasteiger partial charge on any atom is 0.138 e. The maximum absolute atomic E-state index is 8.96. The van der Waals surface area contributed by atoms with E-state index in [4.69, 9.17) is 19.5 Å². The first-order chi connectivity index (χ1) is 8.29. The van der Waals surface area contributed by atoms with Crippen LogP contribution in [0.5, 0.6) is 5.75 Å². The molecule has 0 saturated carbocycles. The molecule has 0 aromatic heterocycles. The van der Waals surface area contributed by atoms with E-state index in [-0.39, 0.29) is 0 Å². The minimum absolute atomic E-state index is 0.412. The third-order valence-corrected chi connectivity index (χ3v) is 2.67. The van der Waals surface area contributed by atoms with E-state index in [2.05, 4.69) is 22.0 Å². The van der Waals surface area contributed by atoms with Gasteiger partial charge in [0.1, 0.15) is 24.0 Å². The number of hydrogen-bond acceptors (Lipinski definition) is 4. The third-order valence-electron chi connectivity index (χ3n) is 2.00. The van der Waals surface area contributed by atoms with E-state index < -0.39 is 0 Å². The Morgan fingerprint density at radius 3 is 2.71 bits per heavy atom. The van der Waals surface area contributed by atoms with Gasteiger partial charge in [0.15, 0.2) is 0 Å². The summed E-state index contributed by atoms with van der Waals surface area (Å²) in [6, 6.07) is 7.49. The monoisotopic (exact) mass is 299 g/mol. The van der Waals surface area contributed by atoms with Gasteiger partial charge < -0.3 is 14.2 Å². The summed E-state index contributed by atoms with van der Waals surface area (Å²) in [5, 5.41) is 8.96. The first-order valence-corrected chi connectivity index (χ1v) is 5.97. The van der Waals surface area contributed by atoms with Crippen molar-refractivity contribution < 1.29 is 14.2 Å². The topological polar surface area (TPSA) is 51.5 Å². The summed E-state index contributed by atoms with van der Waals surface area (Å²) >= 11 is 3.30. The van der Waals surface area contributed by atoms with Crippen LogP contribution >= 0.6 is 15.9 Å². The predicted molar refractivity (Wildman–Crippen MR) is 67.0 cm³/mol. The summed E-state index contributed by atoms with van der Waals surface area (Å²) in [5.74, 6) is 0.567. The number of hydrogen-bond donors (Lipinski definition) is 0. The molecule has 0 aliphatic rings. The second-order valence-electron chi connectivity index (χ2n) is 3.18. The van der Waals surface area contributed by atoms with Gasteiger partial charge in [-0.2, -0.15) is 5.26 Å². The van der Waals surface area contributed by atoms with Gasteiger partial charge in [-0.3, -0.25) is 0 Å². The minimum Gasteiger partial charge on any atom is -0.490 e. The van der Waals surface area contributed by atoms with E-state index in [9.17, 15) is 0 Å². The number of benzene rings is 1. The zero-order chi connectivity index (χ0) is 12.5. The molecular formula is C12H14BrNO3. The highest BCUT2D eigenvalue weighted by Crippen LogP contribution is 2.25. The lowest BCUT2D eigenvalue weighted by atomic mass is 10.2. The van der Waals surface area contributed by atoms with Crippen LogP contribution in [0.15, 0.2) is 22.7 Å². The molecule has 0 saturated heterocycles. The fourth-order valence-electron chi connectivity index (χ4n) is 1.19. The molecule has 1 rings (SSSR count). The van der Waals surface area contributed by atoms with Crippen molar-refractivity contribution >= 4 is 15.9 Å². The van der Waals surface area contributed by atoms with Crippen LogP contribution in [0.25, 0.3) is 0 Å². The highest BCUT2D eigenvalue weighted by atomic mass is 79.9. The van der Waals surface area contributed by atoms with Crippen LogP contribution < -0.4 is 4.74 Å². The normalized spacial score (nSPS) is 9.94. The molecule has 1 aromatic rings. The van der Waals surface area contributed by atoms with E-state index in [1.807, 2.05) is 6.07 Å². The van der Waals surface area contributed by atoms with Crippen molar-refractivity contribution in [1.29, 1.82) is 5.26 Å². The quantitative estimate of drug-likeness (QED) is 0.725. The predicted octanol–water partition coefficient (Wildman–Crippen LogP) is 2.36. The summed E-state index contributed by atoms with van der Waals surface area (Å²) in [6.45, 7) is 2.00. The number of ether oxygens (including phenoxy) is 3. The zero-order valence-electron chi connectivity index (χ0n) is 9.61. The van der Waals surface area contributed by atoms with E-state index in [1.165, 1.54) is 0 Å². The molecule has 0 aliphatic carbocycles. The van der Waals surface area contributed by atoms with Gasteiger partial charge in [-0.15, -0.1) is 0 Å². The molecule has 0 atom stereocenters. The number of methoxy groups -OCH3 is 1. The van der Waals surface area contributed by atoms with Gasteiger partial charge >= 0.3 is 0 Å². The molecule has 17 heavy (non-hydrogen) atoms. The molecule has 0 heterocycles. The summed E-state index contributed by atoms with van der Waals surface area (Å²) in [4.78, 5) is 0. The number of nitrogens with zero attached hydrogens (tertiary/aromatic N) is 1. The second kappa shape index (κ2) is 8.07. The number of halogens is 1. The minimum atomic E-state index is 0.412. The molecule has 0 fully saturated rings. The molecule has 0 N–H and O–H groups in total. The van der Waals surface area contributed by atoms with Crippen LogP contribution in [0, 0.1) is 11.3 Å². The summed E-state index contributed by atoms with van der Waals surface area (Å²) in [5.41, 5.74) is 0.504. The molecular weight excluding hydrogens is 286 g/mol. The molecule has 0 aliphatic heterocycles. The van der Waals surface area contributed by atoms with Crippen molar-refractivity contribution in [2.45, 2.75) is 0 Å². The fourth-order valence-corrected chi connectivity index (χ4v) is 1.62. The standard InChI is InChI=1S/C12H14BrNO3/c1-15-5-6-16-7-8-17-12-4-2-3-11(13)10(12)9-14/h2-4H,5-8H2,1H3. The smallest absolute Gasteiger partial charge is 0.138 e. The molecule has 0 spiro atoms. The van der Waals surface area contributed by atoms with Crippen LogP contribution in [0.3, 0.4) is 0 Å². The number of rotatable bonds is 7. The second-order valence-corrected chi connectivity index (χ2v) is 4.03. The lowest BCUT2D eigenvalue weighted by Crippen LogP contribution is -2.10.